The summed E-state index contributed by atoms with van der Waals surface area (Å²) in [5.41, 5.74) is 1.81. The molecule has 1 heterocycles. The first-order valence-corrected chi connectivity index (χ1v) is 8.05. The fraction of sp³-hybridized carbons (Fsp3) is 0.556. The van der Waals surface area contributed by atoms with E-state index in [0.717, 1.165) is 25.9 Å². The molecule has 4 heteroatoms. The van der Waals surface area contributed by atoms with Crippen LogP contribution in [0.15, 0.2) is 30.3 Å². The van der Waals surface area contributed by atoms with Crippen molar-refractivity contribution in [2.45, 2.75) is 38.5 Å². The van der Waals surface area contributed by atoms with Crippen LogP contribution in [0.2, 0.25) is 0 Å². The Labute approximate surface area is 146 Å². The number of hydrogen-bond acceptors (Lipinski definition) is 2. The van der Waals surface area contributed by atoms with E-state index in [-0.39, 0.29) is 20.4 Å². The van der Waals surface area contributed by atoms with E-state index in [1.807, 2.05) is 0 Å². The Kier molecular flexibility index (Phi) is 5.95. The van der Waals surface area contributed by atoms with Crippen LogP contribution in [0, 0.1) is 17.8 Å². The van der Waals surface area contributed by atoms with Crippen LogP contribution in [0.4, 0.5) is 5.69 Å². The second kappa shape index (κ2) is 7.53. The van der Waals surface area contributed by atoms with Gasteiger partial charge in [0.1, 0.15) is 0 Å². The van der Waals surface area contributed by atoms with Crippen molar-refractivity contribution in [3.63, 3.8) is 0 Å². The zero-order chi connectivity index (χ0) is 14.7. The minimum Gasteiger partial charge on any atom is -0.503 e. The zero-order valence-electron chi connectivity index (χ0n) is 12.9. The third-order valence-corrected chi connectivity index (χ3v) is 5.41. The van der Waals surface area contributed by atoms with Crippen molar-refractivity contribution < 1.29 is 30.3 Å². The third kappa shape index (κ3) is 4.06. The second-order valence-corrected chi connectivity index (χ2v) is 6.66. The molecule has 3 rings (SSSR count). The number of hydrogen-bond donors (Lipinski definition) is 1. The molecule has 0 atom stereocenters. The summed E-state index contributed by atoms with van der Waals surface area (Å²) in [5, 5.41) is 8.87. The number of carbonyl (C=O) groups is 1. The van der Waals surface area contributed by atoms with E-state index in [4.69, 9.17) is 5.11 Å². The van der Waals surface area contributed by atoms with E-state index in [1.165, 1.54) is 37.8 Å². The number of anilines is 1. The van der Waals surface area contributed by atoms with Crippen molar-refractivity contribution in [1.29, 1.82) is 0 Å². The van der Waals surface area contributed by atoms with Crippen molar-refractivity contribution in [2.75, 3.05) is 18.0 Å². The van der Waals surface area contributed by atoms with Crippen molar-refractivity contribution >= 4 is 11.7 Å². The van der Waals surface area contributed by atoms with Gasteiger partial charge in [-0.15, -0.1) is 5.92 Å². The first-order valence-electron chi connectivity index (χ1n) is 8.05. The monoisotopic (exact) mass is 473 g/mol. The minimum absolute atomic E-state index is 0. The molecule has 3 nitrogen and oxygen atoms in total. The van der Waals surface area contributed by atoms with Crippen LogP contribution in [0.3, 0.4) is 0 Å². The number of benzene rings is 1. The molecule has 1 aliphatic heterocycles. The van der Waals surface area contributed by atoms with Crippen molar-refractivity contribution in [3.05, 3.63) is 36.8 Å². The molecular formula is C18H24NO2Re-. The van der Waals surface area contributed by atoms with Gasteiger partial charge in [-0.2, -0.15) is 0 Å². The first kappa shape index (κ1) is 17.4. The van der Waals surface area contributed by atoms with Crippen LogP contribution >= 0.6 is 0 Å². The summed E-state index contributed by atoms with van der Waals surface area (Å²) in [7, 11) is 0. The molecule has 1 N–H and O–H groups in total. The summed E-state index contributed by atoms with van der Waals surface area (Å²) in [6, 6.07) is 10.7. The fourth-order valence-corrected chi connectivity index (χ4v) is 4.00. The Bertz CT molecular complexity index is 473. The minimum atomic E-state index is -0.755. The van der Waals surface area contributed by atoms with Crippen molar-refractivity contribution in [1.82, 2.24) is 0 Å². The molecular weight excluding hydrogens is 448 g/mol. The van der Waals surface area contributed by atoms with E-state index in [9.17, 15) is 4.79 Å². The normalized spacial score (nSPS) is 21.2. The van der Waals surface area contributed by atoms with Gasteiger partial charge >= 0.3 is 0 Å². The molecule has 2 aliphatic rings. The van der Waals surface area contributed by atoms with Crippen LogP contribution in [-0.4, -0.2) is 24.2 Å². The molecule has 0 unspecified atom stereocenters. The Balaban J connectivity index is 0.00000176. The maximum Gasteiger partial charge on any atom is 0.164 e. The Morgan fingerprint density at radius 1 is 1.09 bits per heavy atom. The smallest absolute Gasteiger partial charge is 0.164 e. The third-order valence-electron chi connectivity index (χ3n) is 5.41. The Hall–Kier alpha value is -0.978. The van der Waals surface area contributed by atoms with Crippen LogP contribution in [0.5, 0.6) is 0 Å². The van der Waals surface area contributed by atoms with E-state index in [1.54, 1.807) is 0 Å². The molecule has 1 aromatic carbocycles. The summed E-state index contributed by atoms with van der Waals surface area (Å²) in [4.78, 5) is 13.3. The molecule has 1 saturated carbocycles. The average molecular weight is 473 g/mol. The zero-order valence-corrected chi connectivity index (χ0v) is 15.6. The van der Waals surface area contributed by atoms with Gasteiger partial charge in [0.25, 0.3) is 0 Å². The van der Waals surface area contributed by atoms with Gasteiger partial charge in [-0.05, 0) is 43.2 Å². The summed E-state index contributed by atoms with van der Waals surface area (Å²) < 4.78 is 0. The van der Waals surface area contributed by atoms with Gasteiger partial charge in [0, 0.05) is 39.2 Å². The number of carboxylic acid groups (broad SMARTS) is 1. The number of rotatable bonds is 3. The molecule has 121 valence electrons. The second-order valence-electron chi connectivity index (χ2n) is 6.66. The van der Waals surface area contributed by atoms with Crippen LogP contribution in [-0.2, 0) is 25.2 Å². The maximum absolute atomic E-state index is 10.8. The SMILES string of the molecule is O=C(O)[CH-]C1CCC2(CC1)CCN(c1ccccc1)CC2.[Re]. The Morgan fingerprint density at radius 2 is 1.68 bits per heavy atom. The molecule has 1 aromatic rings. The van der Waals surface area contributed by atoms with Gasteiger partial charge in [-0.25, -0.2) is 0 Å². The standard InChI is InChI=1S/C18H24NO2.Re/c20-17(21)14-15-6-8-18(9-7-15)10-12-19(13-11-18)16-4-2-1-3-5-16;/h1-5,14-15H,6-13H2,(H,20,21);/q-1;. The number of carboxylic acids is 1. The fourth-order valence-electron chi connectivity index (χ4n) is 4.00. The van der Waals surface area contributed by atoms with Gasteiger partial charge in [-0.1, -0.05) is 31.0 Å². The number of para-hydroxylation sites is 1. The van der Waals surface area contributed by atoms with E-state index < -0.39 is 5.97 Å². The van der Waals surface area contributed by atoms with Gasteiger partial charge in [0.15, 0.2) is 5.97 Å². The van der Waals surface area contributed by atoms with E-state index in [0.29, 0.717) is 11.3 Å². The number of nitrogens with zero attached hydrogens (tertiary/aromatic N) is 1. The van der Waals surface area contributed by atoms with Crippen molar-refractivity contribution in [3.8, 4) is 0 Å². The predicted molar refractivity (Wildman–Crippen MR) is 84.2 cm³/mol. The topological polar surface area (TPSA) is 40.5 Å². The quantitative estimate of drug-likeness (QED) is 0.682. The molecule has 22 heavy (non-hydrogen) atoms. The van der Waals surface area contributed by atoms with Gasteiger partial charge < -0.3 is 10.0 Å². The number of aliphatic carboxylic acids is 1. The van der Waals surface area contributed by atoms with Crippen molar-refractivity contribution in [2.24, 2.45) is 11.3 Å². The molecule has 0 amide bonds. The summed E-state index contributed by atoms with van der Waals surface area (Å²) in [6.45, 7) is 2.27. The summed E-state index contributed by atoms with van der Waals surface area (Å²) in [5.74, 6) is -0.463. The van der Waals surface area contributed by atoms with Gasteiger partial charge in [-0.3, -0.25) is 11.2 Å². The molecule has 1 radical (unpaired) electrons. The molecule has 1 spiro atoms. The van der Waals surface area contributed by atoms with Crippen LogP contribution in [0.1, 0.15) is 38.5 Å². The largest absolute Gasteiger partial charge is 0.503 e. The molecule has 1 aliphatic carbocycles. The first-order chi connectivity index (χ1) is 10.2. The number of piperidine rings is 1. The van der Waals surface area contributed by atoms with E-state index in [2.05, 4.69) is 35.2 Å². The van der Waals surface area contributed by atoms with Gasteiger partial charge in [0.2, 0.25) is 0 Å². The maximum atomic E-state index is 10.8. The molecule has 2 fully saturated rings. The summed E-state index contributed by atoms with van der Waals surface area (Å²) in [6.07, 6.45) is 8.51. The van der Waals surface area contributed by atoms with Crippen LogP contribution < -0.4 is 4.90 Å². The van der Waals surface area contributed by atoms with Crippen LogP contribution in [0.25, 0.3) is 0 Å². The van der Waals surface area contributed by atoms with Gasteiger partial charge in [0.05, 0.1) is 0 Å². The molecule has 0 aromatic heterocycles. The molecule has 0 bridgehead atoms. The predicted octanol–water partition coefficient (Wildman–Crippen LogP) is 3.75. The average Bonchev–Trinajstić information content (AvgIpc) is 2.51. The Morgan fingerprint density at radius 3 is 2.23 bits per heavy atom. The van der Waals surface area contributed by atoms with E-state index >= 15 is 0 Å². The molecule has 1 saturated heterocycles. The summed E-state index contributed by atoms with van der Waals surface area (Å²) >= 11 is 0.